The van der Waals surface area contributed by atoms with E-state index in [0.717, 1.165) is 17.9 Å². The maximum atomic E-state index is 13.2. The van der Waals surface area contributed by atoms with E-state index in [9.17, 15) is 4.39 Å². The molecule has 0 aromatic carbocycles. The monoisotopic (exact) mass is 257 g/mol. The smallest absolute Gasteiger partial charge is 0.134 e. The Hall–Kier alpha value is -0.710. The summed E-state index contributed by atoms with van der Waals surface area (Å²) in [5.41, 5.74) is 0.883. The quantitative estimate of drug-likeness (QED) is 0.794. The summed E-state index contributed by atoms with van der Waals surface area (Å²) >= 11 is 4.10. The Kier molecular flexibility index (Phi) is 3.39. The number of hydrogen-bond acceptors (Lipinski definition) is 3. The second-order valence-electron chi connectivity index (χ2n) is 5.76. The van der Waals surface area contributed by atoms with E-state index in [1.54, 1.807) is 0 Å². The van der Waals surface area contributed by atoms with Crippen molar-refractivity contribution in [2.24, 2.45) is 0 Å². The van der Waals surface area contributed by atoms with Crippen molar-refractivity contribution in [3.8, 4) is 0 Å². The standard InChI is InChI=1S/C12H20FN3S/c1-12(2,3)16-11(15-17)7-10(14-16)8-4-5-9(13)6-8/h7-9,15,17H,4-6H2,1-3H3. The Bertz CT molecular complexity index is 397. The zero-order chi connectivity index (χ0) is 12.6. The van der Waals surface area contributed by atoms with Gasteiger partial charge in [-0.05, 0) is 40.0 Å². The predicted octanol–water partition coefficient (Wildman–Crippen LogP) is 3.50. The van der Waals surface area contributed by atoms with Crippen LogP contribution >= 0.6 is 12.8 Å². The Morgan fingerprint density at radius 2 is 2.18 bits per heavy atom. The van der Waals surface area contributed by atoms with Crippen LogP contribution in [0.3, 0.4) is 0 Å². The fourth-order valence-corrected chi connectivity index (χ4v) is 2.54. The Labute approximate surface area is 107 Å². The van der Waals surface area contributed by atoms with Gasteiger partial charge in [0.1, 0.15) is 12.0 Å². The summed E-state index contributed by atoms with van der Waals surface area (Å²) in [5.74, 6) is 1.13. The number of nitrogens with one attached hydrogen (secondary N) is 1. The van der Waals surface area contributed by atoms with Crippen molar-refractivity contribution in [2.75, 3.05) is 4.72 Å². The van der Waals surface area contributed by atoms with Gasteiger partial charge in [0.25, 0.3) is 0 Å². The summed E-state index contributed by atoms with van der Waals surface area (Å²) in [6, 6.07) is 1.99. The molecule has 3 nitrogen and oxygen atoms in total. The summed E-state index contributed by atoms with van der Waals surface area (Å²) in [4.78, 5) is 0. The Morgan fingerprint density at radius 1 is 1.47 bits per heavy atom. The molecule has 0 amide bonds. The summed E-state index contributed by atoms with van der Waals surface area (Å²) in [5, 5.41) is 4.61. The molecule has 1 fully saturated rings. The third-order valence-electron chi connectivity index (χ3n) is 3.27. The maximum absolute atomic E-state index is 13.2. The molecule has 0 bridgehead atoms. The fraction of sp³-hybridized carbons (Fsp3) is 0.750. The third-order valence-corrected chi connectivity index (χ3v) is 3.49. The van der Waals surface area contributed by atoms with E-state index in [1.807, 2.05) is 10.7 Å². The van der Waals surface area contributed by atoms with Crippen LogP contribution in [0.15, 0.2) is 6.07 Å². The van der Waals surface area contributed by atoms with E-state index in [2.05, 4.69) is 43.4 Å². The van der Waals surface area contributed by atoms with Crippen LogP contribution < -0.4 is 4.72 Å². The van der Waals surface area contributed by atoms with Gasteiger partial charge in [-0.1, -0.05) is 12.8 Å². The molecule has 2 unspecified atom stereocenters. The summed E-state index contributed by atoms with van der Waals surface area (Å²) in [6.07, 6.45) is 1.50. The Balaban J connectivity index is 2.28. The highest BCUT2D eigenvalue weighted by Gasteiger charge is 2.29. The van der Waals surface area contributed by atoms with E-state index in [0.29, 0.717) is 12.8 Å². The second-order valence-corrected chi connectivity index (χ2v) is 5.98. The molecule has 1 heterocycles. The molecule has 1 aromatic rings. The van der Waals surface area contributed by atoms with Gasteiger partial charge in [-0.25, -0.2) is 9.07 Å². The first kappa shape index (κ1) is 12.7. The van der Waals surface area contributed by atoms with Gasteiger partial charge in [0.2, 0.25) is 0 Å². The fourth-order valence-electron chi connectivity index (χ4n) is 2.38. The van der Waals surface area contributed by atoms with Crippen LogP contribution in [0.4, 0.5) is 10.2 Å². The zero-order valence-corrected chi connectivity index (χ0v) is 11.5. The lowest BCUT2D eigenvalue weighted by atomic mass is 10.0. The summed E-state index contributed by atoms with van der Waals surface area (Å²) < 4.78 is 18.0. The van der Waals surface area contributed by atoms with Gasteiger partial charge in [-0.2, -0.15) is 5.10 Å². The van der Waals surface area contributed by atoms with Crippen molar-refractivity contribution in [1.82, 2.24) is 9.78 Å². The molecule has 1 saturated carbocycles. The van der Waals surface area contributed by atoms with Crippen LogP contribution in [0.2, 0.25) is 0 Å². The molecule has 1 aromatic heterocycles. The second kappa shape index (κ2) is 4.52. The van der Waals surface area contributed by atoms with E-state index >= 15 is 0 Å². The van der Waals surface area contributed by atoms with Crippen molar-refractivity contribution in [2.45, 2.75) is 57.7 Å². The molecule has 2 rings (SSSR count). The predicted molar refractivity (Wildman–Crippen MR) is 71.3 cm³/mol. The number of nitrogens with zero attached hydrogens (tertiary/aromatic N) is 2. The number of aromatic nitrogens is 2. The average Bonchev–Trinajstić information content (AvgIpc) is 2.81. The molecular weight excluding hydrogens is 237 g/mol. The lowest BCUT2D eigenvalue weighted by molar-refractivity contribution is 0.336. The Morgan fingerprint density at radius 3 is 2.59 bits per heavy atom. The molecule has 0 saturated heterocycles. The molecule has 2 atom stereocenters. The van der Waals surface area contributed by atoms with Gasteiger partial charge in [-0.15, -0.1) is 0 Å². The molecule has 0 aliphatic heterocycles. The van der Waals surface area contributed by atoms with E-state index in [1.165, 1.54) is 0 Å². The van der Waals surface area contributed by atoms with Crippen LogP contribution in [0.25, 0.3) is 0 Å². The largest absolute Gasteiger partial charge is 0.317 e. The number of rotatable bonds is 2. The number of halogens is 1. The first-order valence-corrected chi connectivity index (χ1v) is 6.51. The zero-order valence-electron chi connectivity index (χ0n) is 10.6. The minimum atomic E-state index is -0.660. The van der Waals surface area contributed by atoms with Crippen molar-refractivity contribution < 1.29 is 4.39 Å². The topological polar surface area (TPSA) is 29.9 Å². The highest BCUT2D eigenvalue weighted by atomic mass is 32.1. The number of hydrogen-bond donors (Lipinski definition) is 2. The van der Waals surface area contributed by atoms with Crippen LogP contribution in [-0.4, -0.2) is 16.0 Å². The van der Waals surface area contributed by atoms with Gasteiger partial charge >= 0.3 is 0 Å². The van der Waals surface area contributed by atoms with Crippen LogP contribution in [0.1, 0.15) is 51.6 Å². The minimum Gasteiger partial charge on any atom is -0.317 e. The molecule has 1 N–H and O–H groups in total. The molecular formula is C12H20FN3S. The van der Waals surface area contributed by atoms with E-state index < -0.39 is 6.17 Å². The van der Waals surface area contributed by atoms with Gasteiger partial charge < -0.3 is 4.72 Å². The first-order chi connectivity index (χ1) is 7.91. The lowest BCUT2D eigenvalue weighted by Gasteiger charge is -2.21. The number of thiol groups is 1. The molecule has 1 aliphatic carbocycles. The van der Waals surface area contributed by atoms with Crippen LogP contribution in [0.5, 0.6) is 0 Å². The van der Waals surface area contributed by atoms with Crippen molar-refractivity contribution in [3.05, 3.63) is 11.8 Å². The van der Waals surface area contributed by atoms with Gasteiger partial charge in [0, 0.05) is 12.0 Å². The molecule has 96 valence electrons. The van der Waals surface area contributed by atoms with Crippen molar-refractivity contribution in [3.63, 3.8) is 0 Å². The molecule has 5 heteroatoms. The van der Waals surface area contributed by atoms with E-state index in [4.69, 9.17) is 0 Å². The molecule has 17 heavy (non-hydrogen) atoms. The van der Waals surface area contributed by atoms with Gasteiger partial charge in [0.05, 0.1) is 11.2 Å². The summed E-state index contributed by atoms with van der Waals surface area (Å²) in [6.45, 7) is 6.26. The lowest BCUT2D eigenvalue weighted by Crippen LogP contribution is -2.24. The van der Waals surface area contributed by atoms with Crippen molar-refractivity contribution >= 4 is 18.6 Å². The van der Waals surface area contributed by atoms with Crippen LogP contribution in [0, 0.1) is 0 Å². The first-order valence-electron chi connectivity index (χ1n) is 6.06. The van der Waals surface area contributed by atoms with Crippen LogP contribution in [-0.2, 0) is 5.54 Å². The maximum Gasteiger partial charge on any atom is 0.134 e. The molecule has 1 aliphatic rings. The average molecular weight is 257 g/mol. The molecule has 0 spiro atoms. The highest BCUT2D eigenvalue weighted by Crippen LogP contribution is 2.37. The SMILES string of the molecule is CC(C)(C)n1nc(C2CCC(F)C2)cc1NS. The van der Waals surface area contributed by atoms with E-state index in [-0.39, 0.29) is 11.5 Å². The highest BCUT2D eigenvalue weighted by molar-refractivity contribution is 7.81. The van der Waals surface area contributed by atoms with Gasteiger partial charge in [0.15, 0.2) is 0 Å². The van der Waals surface area contributed by atoms with Gasteiger partial charge in [-0.3, -0.25) is 0 Å². The minimum absolute atomic E-state index is 0.100. The summed E-state index contributed by atoms with van der Waals surface area (Å²) in [7, 11) is 0. The third kappa shape index (κ3) is 2.59. The molecule has 0 radical (unpaired) electrons. The number of anilines is 1. The van der Waals surface area contributed by atoms with Crippen molar-refractivity contribution in [1.29, 1.82) is 0 Å². The number of alkyl halides is 1. The normalized spacial score (nSPS) is 25.2.